The molecule has 1 aliphatic rings. The second kappa shape index (κ2) is 7.72. The lowest BCUT2D eigenvalue weighted by Crippen LogP contribution is -2.45. The van der Waals surface area contributed by atoms with Crippen LogP contribution in [0.3, 0.4) is 0 Å². The van der Waals surface area contributed by atoms with E-state index < -0.39 is 10.0 Å². The standard InChI is InChI=1S/C15H28N4O3S/c1-5-10-23(20,21)18-13-6-8-19(9-7-13)12(4)15-16-14(11(2)3)17-22-15/h11-13,18H,5-10H2,1-4H3. The second-order valence-corrected chi connectivity index (χ2v) is 8.44. The fourth-order valence-corrected chi connectivity index (χ4v) is 4.19. The normalized spacial score (nSPS) is 19.3. The molecular weight excluding hydrogens is 316 g/mol. The van der Waals surface area contributed by atoms with Crippen LogP contribution < -0.4 is 4.72 Å². The smallest absolute Gasteiger partial charge is 0.243 e. The van der Waals surface area contributed by atoms with E-state index in [0.717, 1.165) is 31.8 Å². The van der Waals surface area contributed by atoms with Gasteiger partial charge in [0.1, 0.15) is 0 Å². The summed E-state index contributed by atoms with van der Waals surface area (Å²) < 4.78 is 31.9. The van der Waals surface area contributed by atoms with Gasteiger partial charge in [-0.15, -0.1) is 0 Å². The van der Waals surface area contributed by atoms with Gasteiger partial charge < -0.3 is 4.52 Å². The fraction of sp³-hybridized carbons (Fsp3) is 0.867. The van der Waals surface area contributed by atoms with Crippen molar-refractivity contribution >= 4 is 10.0 Å². The first-order valence-corrected chi connectivity index (χ1v) is 10.0. The number of aromatic nitrogens is 2. The fourth-order valence-electron chi connectivity index (χ4n) is 2.79. The van der Waals surface area contributed by atoms with E-state index in [1.165, 1.54) is 0 Å². The van der Waals surface area contributed by atoms with Gasteiger partial charge in [-0.25, -0.2) is 13.1 Å². The Labute approximate surface area is 138 Å². The Kier molecular flexibility index (Phi) is 6.16. The first kappa shape index (κ1) is 18.4. The van der Waals surface area contributed by atoms with E-state index in [4.69, 9.17) is 4.52 Å². The third-order valence-corrected chi connectivity index (χ3v) is 5.87. The molecule has 23 heavy (non-hydrogen) atoms. The third kappa shape index (κ3) is 4.99. The second-order valence-electron chi connectivity index (χ2n) is 6.57. The molecule has 0 radical (unpaired) electrons. The number of hydrogen-bond donors (Lipinski definition) is 1. The van der Waals surface area contributed by atoms with E-state index in [1.54, 1.807) is 0 Å². The van der Waals surface area contributed by atoms with Crippen molar-refractivity contribution in [2.75, 3.05) is 18.8 Å². The average Bonchev–Trinajstić information content (AvgIpc) is 2.96. The van der Waals surface area contributed by atoms with E-state index in [9.17, 15) is 8.42 Å². The summed E-state index contributed by atoms with van der Waals surface area (Å²) in [6.45, 7) is 9.64. The Morgan fingerprint density at radius 3 is 2.48 bits per heavy atom. The lowest BCUT2D eigenvalue weighted by Gasteiger charge is -2.34. The van der Waals surface area contributed by atoms with Gasteiger partial charge in [-0.1, -0.05) is 25.9 Å². The molecule has 0 spiro atoms. The van der Waals surface area contributed by atoms with Crippen molar-refractivity contribution < 1.29 is 12.9 Å². The highest BCUT2D eigenvalue weighted by atomic mass is 32.2. The molecular formula is C15H28N4O3S. The molecule has 132 valence electrons. The Hall–Kier alpha value is -0.990. The molecule has 8 heteroatoms. The molecule has 1 N–H and O–H groups in total. The molecule has 2 heterocycles. The van der Waals surface area contributed by atoms with Crippen LogP contribution >= 0.6 is 0 Å². The van der Waals surface area contributed by atoms with Gasteiger partial charge in [-0.3, -0.25) is 4.90 Å². The molecule has 1 saturated heterocycles. The molecule has 1 aromatic rings. The number of sulfonamides is 1. The molecule has 1 fully saturated rings. The monoisotopic (exact) mass is 344 g/mol. The molecule has 0 bridgehead atoms. The van der Waals surface area contributed by atoms with E-state index in [2.05, 4.69) is 26.7 Å². The number of likely N-dealkylation sites (tertiary alicyclic amines) is 1. The summed E-state index contributed by atoms with van der Waals surface area (Å²) in [7, 11) is -3.14. The molecule has 0 amide bonds. The van der Waals surface area contributed by atoms with Crippen LogP contribution in [0.4, 0.5) is 0 Å². The maximum absolute atomic E-state index is 11.8. The summed E-state index contributed by atoms with van der Waals surface area (Å²) >= 11 is 0. The van der Waals surface area contributed by atoms with Gasteiger partial charge in [0.15, 0.2) is 5.82 Å². The average molecular weight is 344 g/mol. The van der Waals surface area contributed by atoms with Crippen LogP contribution in [0.5, 0.6) is 0 Å². The summed E-state index contributed by atoms with van der Waals surface area (Å²) in [5.41, 5.74) is 0. The third-order valence-electron chi connectivity index (χ3n) is 4.23. The maximum atomic E-state index is 11.8. The molecule has 1 unspecified atom stereocenters. The van der Waals surface area contributed by atoms with Gasteiger partial charge in [0.2, 0.25) is 15.9 Å². The molecule has 0 aromatic carbocycles. The number of nitrogens with one attached hydrogen (secondary N) is 1. The van der Waals surface area contributed by atoms with Gasteiger partial charge in [0, 0.05) is 25.0 Å². The molecule has 2 rings (SSSR count). The topological polar surface area (TPSA) is 88.3 Å². The van der Waals surface area contributed by atoms with Gasteiger partial charge in [-0.2, -0.15) is 4.98 Å². The van der Waals surface area contributed by atoms with Gasteiger partial charge >= 0.3 is 0 Å². The lowest BCUT2D eigenvalue weighted by atomic mass is 10.0. The number of hydrogen-bond acceptors (Lipinski definition) is 6. The van der Waals surface area contributed by atoms with E-state index >= 15 is 0 Å². The van der Waals surface area contributed by atoms with Crippen molar-refractivity contribution in [3.63, 3.8) is 0 Å². The molecule has 0 saturated carbocycles. The minimum atomic E-state index is -3.14. The number of rotatable bonds is 7. The molecule has 1 aromatic heterocycles. The van der Waals surface area contributed by atoms with Crippen LogP contribution in [0.1, 0.15) is 70.6 Å². The molecule has 1 aliphatic heterocycles. The number of nitrogens with zero attached hydrogens (tertiary/aromatic N) is 3. The predicted molar refractivity (Wildman–Crippen MR) is 88.6 cm³/mol. The van der Waals surface area contributed by atoms with E-state index in [0.29, 0.717) is 12.3 Å². The van der Waals surface area contributed by atoms with Crippen LogP contribution in [0.25, 0.3) is 0 Å². The summed E-state index contributed by atoms with van der Waals surface area (Å²) in [5.74, 6) is 1.81. The van der Waals surface area contributed by atoms with Gasteiger partial charge in [-0.05, 0) is 26.2 Å². The van der Waals surface area contributed by atoms with Crippen molar-refractivity contribution in [2.24, 2.45) is 0 Å². The highest BCUT2D eigenvalue weighted by molar-refractivity contribution is 7.89. The first-order chi connectivity index (χ1) is 10.8. The van der Waals surface area contributed by atoms with E-state index in [1.807, 2.05) is 20.8 Å². The van der Waals surface area contributed by atoms with Crippen LogP contribution in [-0.4, -0.2) is 48.3 Å². The van der Waals surface area contributed by atoms with Crippen molar-refractivity contribution in [1.82, 2.24) is 19.8 Å². The predicted octanol–water partition coefficient (Wildman–Crippen LogP) is 2.05. The summed E-state index contributed by atoms with van der Waals surface area (Å²) in [6, 6.07) is 0.0899. The Morgan fingerprint density at radius 1 is 1.30 bits per heavy atom. The largest absolute Gasteiger partial charge is 0.338 e. The summed E-state index contributed by atoms with van der Waals surface area (Å²) in [6.07, 6.45) is 2.25. The lowest BCUT2D eigenvalue weighted by molar-refractivity contribution is 0.134. The quantitative estimate of drug-likeness (QED) is 0.814. The van der Waals surface area contributed by atoms with Crippen LogP contribution in [0.15, 0.2) is 4.52 Å². The SMILES string of the molecule is CCCS(=O)(=O)NC1CCN(C(C)c2nc(C(C)C)no2)CC1. The van der Waals surface area contributed by atoms with Crippen molar-refractivity contribution in [3.8, 4) is 0 Å². The van der Waals surface area contributed by atoms with Gasteiger partial charge in [0.25, 0.3) is 0 Å². The van der Waals surface area contributed by atoms with Crippen LogP contribution in [0, 0.1) is 0 Å². The number of piperidine rings is 1. The molecule has 1 atom stereocenters. The van der Waals surface area contributed by atoms with Gasteiger partial charge in [0.05, 0.1) is 11.8 Å². The summed E-state index contributed by atoms with van der Waals surface area (Å²) in [4.78, 5) is 6.72. The maximum Gasteiger partial charge on any atom is 0.243 e. The highest BCUT2D eigenvalue weighted by Gasteiger charge is 2.28. The van der Waals surface area contributed by atoms with E-state index in [-0.39, 0.29) is 23.8 Å². The summed E-state index contributed by atoms with van der Waals surface area (Å²) in [5, 5.41) is 4.01. The Balaban J connectivity index is 1.88. The zero-order valence-corrected chi connectivity index (χ0v) is 15.3. The Morgan fingerprint density at radius 2 is 1.96 bits per heavy atom. The van der Waals surface area contributed by atoms with Crippen LogP contribution in [0.2, 0.25) is 0 Å². The highest BCUT2D eigenvalue weighted by Crippen LogP contribution is 2.24. The first-order valence-electron chi connectivity index (χ1n) is 8.40. The minimum absolute atomic E-state index is 0.0314. The zero-order chi connectivity index (χ0) is 17.0. The van der Waals surface area contributed by atoms with Crippen molar-refractivity contribution in [3.05, 3.63) is 11.7 Å². The zero-order valence-electron chi connectivity index (χ0n) is 14.4. The van der Waals surface area contributed by atoms with Crippen molar-refractivity contribution in [1.29, 1.82) is 0 Å². The Bertz CT molecular complexity index is 592. The molecule has 7 nitrogen and oxygen atoms in total. The minimum Gasteiger partial charge on any atom is -0.338 e. The van der Waals surface area contributed by atoms with Crippen molar-refractivity contribution in [2.45, 2.75) is 65.0 Å². The van der Waals surface area contributed by atoms with Crippen LogP contribution in [-0.2, 0) is 10.0 Å². The molecule has 0 aliphatic carbocycles.